The third-order valence-corrected chi connectivity index (χ3v) is 3.56. The summed E-state index contributed by atoms with van der Waals surface area (Å²) in [5.41, 5.74) is 0. The molecule has 1 atom stereocenters. The fraction of sp³-hybridized carbons (Fsp3) is 0.500. The summed E-state index contributed by atoms with van der Waals surface area (Å²) in [4.78, 5) is 22.6. The fourth-order valence-electron chi connectivity index (χ4n) is 2.19. The number of anilines is 1. The van der Waals surface area contributed by atoms with E-state index in [0.29, 0.717) is 31.1 Å². The molecule has 6 nitrogen and oxygen atoms in total. The molecule has 0 spiro atoms. The third-order valence-electron chi connectivity index (χ3n) is 3.12. The van der Waals surface area contributed by atoms with Crippen LogP contribution in [0.1, 0.15) is 20.3 Å². The number of rotatable bonds is 5. The van der Waals surface area contributed by atoms with Crippen molar-refractivity contribution in [2.75, 3.05) is 25.2 Å². The van der Waals surface area contributed by atoms with Gasteiger partial charge < -0.3 is 14.4 Å². The number of pyridine rings is 1. The van der Waals surface area contributed by atoms with Crippen LogP contribution in [0.4, 0.5) is 5.82 Å². The van der Waals surface area contributed by atoms with Crippen LogP contribution in [-0.2, 0) is 9.53 Å². The van der Waals surface area contributed by atoms with Crippen LogP contribution in [0.5, 0.6) is 5.75 Å². The molecule has 0 N–H and O–H groups in total. The second kappa shape index (κ2) is 6.89. The van der Waals surface area contributed by atoms with Crippen LogP contribution >= 0.6 is 15.9 Å². The Hall–Kier alpha value is -1.63. The van der Waals surface area contributed by atoms with E-state index in [2.05, 4.69) is 25.9 Å². The fourth-order valence-corrected chi connectivity index (χ4v) is 2.50. The summed E-state index contributed by atoms with van der Waals surface area (Å²) in [7, 11) is 1.59. The van der Waals surface area contributed by atoms with Gasteiger partial charge in [-0.15, -0.1) is 0 Å². The van der Waals surface area contributed by atoms with Crippen LogP contribution in [-0.4, -0.2) is 43.1 Å². The second-order valence-electron chi connectivity index (χ2n) is 4.46. The molecule has 1 aromatic heterocycles. The van der Waals surface area contributed by atoms with E-state index in [1.807, 2.05) is 17.9 Å². The number of hydrogen-bond acceptors (Lipinski definition) is 6. The first kappa shape index (κ1) is 15.8. The van der Waals surface area contributed by atoms with E-state index in [9.17, 15) is 4.79 Å². The van der Waals surface area contributed by atoms with Crippen molar-refractivity contribution in [1.82, 2.24) is 4.98 Å². The van der Waals surface area contributed by atoms with E-state index in [1.54, 1.807) is 20.2 Å². The molecule has 0 bridgehead atoms. The number of hydrogen-bond donors (Lipinski definition) is 0. The molecule has 0 aliphatic carbocycles. The highest BCUT2D eigenvalue weighted by Crippen LogP contribution is 2.31. The minimum absolute atomic E-state index is 0.304. The molecule has 7 heteroatoms. The maximum atomic E-state index is 11.9. The van der Waals surface area contributed by atoms with Gasteiger partial charge in [-0.3, -0.25) is 4.99 Å². The molecule has 1 aromatic rings. The van der Waals surface area contributed by atoms with Gasteiger partial charge in [0, 0.05) is 17.1 Å². The normalized spacial score (nSPS) is 17.6. The Morgan fingerprint density at radius 2 is 2.29 bits per heavy atom. The SMILES string of the molecule is CCOC(=O)C1CN(c2ncc(Br)cc2OC)C(CC)=N1. The first-order valence-electron chi connectivity index (χ1n) is 6.81. The van der Waals surface area contributed by atoms with Crippen molar-refractivity contribution >= 4 is 33.6 Å². The van der Waals surface area contributed by atoms with E-state index in [0.717, 1.165) is 10.3 Å². The zero-order chi connectivity index (χ0) is 15.4. The summed E-state index contributed by atoms with van der Waals surface area (Å²) in [6.45, 7) is 4.55. The Morgan fingerprint density at radius 1 is 1.52 bits per heavy atom. The zero-order valence-electron chi connectivity index (χ0n) is 12.3. The van der Waals surface area contributed by atoms with Gasteiger partial charge in [-0.25, -0.2) is 9.78 Å². The second-order valence-corrected chi connectivity index (χ2v) is 5.37. The van der Waals surface area contributed by atoms with Crippen LogP contribution in [0.15, 0.2) is 21.7 Å². The number of nitrogens with zero attached hydrogens (tertiary/aromatic N) is 3. The standard InChI is InChI=1S/C14H18BrN3O3/c1-4-12-17-10(14(19)21-5-2)8-18(12)13-11(20-3)6-9(15)7-16-13/h6-7,10H,4-5,8H2,1-3H3. The van der Waals surface area contributed by atoms with Crippen molar-refractivity contribution in [2.45, 2.75) is 26.3 Å². The van der Waals surface area contributed by atoms with Gasteiger partial charge in [0.2, 0.25) is 0 Å². The highest BCUT2D eigenvalue weighted by Gasteiger charge is 2.33. The number of carbonyl (C=O) groups excluding carboxylic acids is 1. The van der Waals surface area contributed by atoms with E-state index >= 15 is 0 Å². The molecule has 2 rings (SSSR count). The van der Waals surface area contributed by atoms with Gasteiger partial charge in [-0.05, 0) is 28.9 Å². The lowest BCUT2D eigenvalue weighted by Gasteiger charge is -2.21. The van der Waals surface area contributed by atoms with Crippen LogP contribution in [0.2, 0.25) is 0 Å². The number of aromatic nitrogens is 1. The topological polar surface area (TPSA) is 64.0 Å². The number of methoxy groups -OCH3 is 1. The maximum absolute atomic E-state index is 11.9. The molecular formula is C14H18BrN3O3. The first-order chi connectivity index (χ1) is 10.1. The summed E-state index contributed by atoms with van der Waals surface area (Å²) in [6, 6.07) is 1.34. The van der Waals surface area contributed by atoms with Crippen LogP contribution in [0, 0.1) is 0 Å². The third kappa shape index (κ3) is 3.34. The molecule has 0 saturated heterocycles. The van der Waals surface area contributed by atoms with Gasteiger partial charge in [0.05, 0.1) is 20.3 Å². The van der Waals surface area contributed by atoms with Crippen molar-refractivity contribution < 1.29 is 14.3 Å². The summed E-state index contributed by atoms with van der Waals surface area (Å²) >= 11 is 3.37. The summed E-state index contributed by atoms with van der Waals surface area (Å²) in [6.07, 6.45) is 2.40. The van der Waals surface area contributed by atoms with Gasteiger partial charge in [0.15, 0.2) is 17.6 Å². The van der Waals surface area contributed by atoms with Crippen molar-refractivity contribution in [1.29, 1.82) is 0 Å². The summed E-state index contributed by atoms with van der Waals surface area (Å²) in [5.74, 6) is 1.80. The highest BCUT2D eigenvalue weighted by molar-refractivity contribution is 9.10. The molecule has 1 unspecified atom stereocenters. The van der Waals surface area contributed by atoms with Crippen molar-refractivity contribution in [2.24, 2.45) is 4.99 Å². The van der Waals surface area contributed by atoms with E-state index in [-0.39, 0.29) is 5.97 Å². The van der Waals surface area contributed by atoms with Gasteiger partial charge in [-0.1, -0.05) is 6.92 Å². The monoisotopic (exact) mass is 355 g/mol. The predicted molar refractivity (Wildman–Crippen MR) is 84.0 cm³/mol. The Bertz CT molecular complexity index is 562. The smallest absolute Gasteiger partial charge is 0.332 e. The molecular weight excluding hydrogens is 338 g/mol. The quantitative estimate of drug-likeness (QED) is 0.759. The molecule has 0 radical (unpaired) electrons. The molecule has 0 fully saturated rings. The molecule has 2 heterocycles. The van der Waals surface area contributed by atoms with Gasteiger partial charge in [0.1, 0.15) is 5.84 Å². The highest BCUT2D eigenvalue weighted by atomic mass is 79.9. The number of ether oxygens (including phenoxy) is 2. The molecule has 21 heavy (non-hydrogen) atoms. The summed E-state index contributed by atoms with van der Waals surface area (Å²) < 4.78 is 11.2. The van der Waals surface area contributed by atoms with E-state index in [4.69, 9.17) is 9.47 Å². The lowest BCUT2D eigenvalue weighted by Crippen LogP contribution is -2.33. The number of carbonyl (C=O) groups is 1. The van der Waals surface area contributed by atoms with Crippen LogP contribution in [0.3, 0.4) is 0 Å². The molecule has 0 amide bonds. The number of aliphatic imine (C=N–C) groups is 1. The van der Waals surface area contributed by atoms with E-state index < -0.39 is 6.04 Å². The van der Waals surface area contributed by atoms with Crippen LogP contribution < -0.4 is 9.64 Å². The average Bonchev–Trinajstić information content (AvgIpc) is 2.91. The first-order valence-corrected chi connectivity index (χ1v) is 7.60. The van der Waals surface area contributed by atoms with Gasteiger partial charge in [0.25, 0.3) is 0 Å². The largest absolute Gasteiger partial charge is 0.493 e. The molecule has 0 saturated carbocycles. The Labute approximate surface area is 132 Å². The molecule has 114 valence electrons. The van der Waals surface area contributed by atoms with Gasteiger partial charge in [-0.2, -0.15) is 0 Å². The van der Waals surface area contributed by atoms with Crippen LogP contribution in [0.25, 0.3) is 0 Å². The molecule has 1 aliphatic heterocycles. The lowest BCUT2D eigenvalue weighted by molar-refractivity contribution is -0.144. The predicted octanol–water partition coefficient (Wildman–Crippen LogP) is 2.41. The number of halogens is 1. The molecule has 1 aliphatic rings. The summed E-state index contributed by atoms with van der Waals surface area (Å²) in [5, 5.41) is 0. The zero-order valence-corrected chi connectivity index (χ0v) is 13.9. The number of esters is 1. The Balaban J connectivity index is 2.29. The maximum Gasteiger partial charge on any atom is 0.332 e. The number of amidine groups is 1. The van der Waals surface area contributed by atoms with Crippen molar-refractivity contribution in [3.63, 3.8) is 0 Å². The molecule has 0 aromatic carbocycles. The Kier molecular flexibility index (Phi) is 5.17. The van der Waals surface area contributed by atoms with Gasteiger partial charge >= 0.3 is 5.97 Å². The average molecular weight is 356 g/mol. The lowest BCUT2D eigenvalue weighted by atomic mass is 10.3. The minimum Gasteiger partial charge on any atom is -0.493 e. The van der Waals surface area contributed by atoms with E-state index in [1.165, 1.54) is 0 Å². The Morgan fingerprint density at radius 3 is 2.90 bits per heavy atom. The van der Waals surface area contributed by atoms with Crippen molar-refractivity contribution in [3.05, 3.63) is 16.7 Å². The minimum atomic E-state index is -0.505. The van der Waals surface area contributed by atoms with Crippen molar-refractivity contribution in [3.8, 4) is 5.75 Å².